The molecule has 2 atom stereocenters. The fourth-order valence-electron chi connectivity index (χ4n) is 5.78. The summed E-state index contributed by atoms with van der Waals surface area (Å²) in [5.74, 6) is 3.61. The Hall–Kier alpha value is -0.900. The second kappa shape index (κ2) is 4.30. The normalized spacial score (nSPS) is 42.3. The smallest absolute Gasteiger partial charge is 0.232 e. The van der Waals surface area contributed by atoms with Gasteiger partial charge in [0.1, 0.15) is 0 Å². The van der Waals surface area contributed by atoms with Crippen molar-refractivity contribution < 1.29 is 4.52 Å². The number of hydrogen-bond acceptors (Lipinski definition) is 4. The minimum Gasteiger partial charge on any atom is -0.339 e. The molecule has 1 aromatic rings. The number of nitrogens with zero attached hydrogens (tertiary/aromatic N) is 2. The molecule has 2 unspecified atom stereocenters. The topological polar surface area (TPSA) is 51.0 Å². The molecule has 4 fully saturated rings. The lowest BCUT2D eigenvalue weighted by Crippen LogP contribution is -2.53. The second-order valence-corrected chi connectivity index (χ2v) is 7.92. The van der Waals surface area contributed by atoms with Crippen molar-refractivity contribution in [1.29, 1.82) is 0 Å². The van der Waals surface area contributed by atoms with Crippen LogP contribution in [0.4, 0.5) is 0 Å². The van der Waals surface area contributed by atoms with E-state index in [1.807, 2.05) is 7.05 Å². The lowest BCUT2D eigenvalue weighted by molar-refractivity contribution is -0.0724. The first-order chi connectivity index (χ1) is 9.61. The summed E-state index contributed by atoms with van der Waals surface area (Å²) < 4.78 is 5.70. The summed E-state index contributed by atoms with van der Waals surface area (Å²) in [4.78, 5) is 4.75. The third-order valence-electron chi connectivity index (χ3n) is 5.87. The molecule has 1 N–H and O–H groups in total. The molecule has 4 bridgehead atoms. The number of aromatic nitrogens is 2. The molecule has 0 aromatic carbocycles. The second-order valence-electron chi connectivity index (χ2n) is 7.92. The Morgan fingerprint density at radius 1 is 1.25 bits per heavy atom. The van der Waals surface area contributed by atoms with Crippen LogP contribution < -0.4 is 5.32 Å². The van der Waals surface area contributed by atoms with Gasteiger partial charge in [0.05, 0.1) is 5.41 Å². The van der Waals surface area contributed by atoms with Gasteiger partial charge in [-0.25, -0.2) is 0 Å². The highest BCUT2D eigenvalue weighted by molar-refractivity contribution is 5.18. The van der Waals surface area contributed by atoms with Gasteiger partial charge >= 0.3 is 0 Å². The van der Waals surface area contributed by atoms with Crippen molar-refractivity contribution in [3.8, 4) is 0 Å². The molecule has 0 radical (unpaired) electrons. The minimum absolute atomic E-state index is 0.212. The number of likely N-dealkylation sites (N-methyl/N-ethyl adjacent to an activating group) is 1. The van der Waals surface area contributed by atoms with Gasteiger partial charge in [-0.3, -0.25) is 0 Å². The van der Waals surface area contributed by atoms with Crippen LogP contribution in [0.25, 0.3) is 0 Å². The zero-order valence-corrected chi connectivity index (χ0v) is 12.6. The number of nitrogens with one attached hydrogen (secondary N) is 1. The van der Waals surface area contributed by atoms with Crippen LogP contribution in [-0.4, -0.2) is 23.7 Å². The van der Waals surface area contributed by atoms with Gasteiger partial charge in [-0.15, -0.1) is 0 Å². The molecule has 20 heavy (non-hydrogen) atoms. The average Bonchev–Trinajstić information content (AvgIpc) is 2.82. The maximum absolute atomic E-state index is 5.70. The summed E-state index contributed by atoms with van der Waals surface area (Å²) in [6.45, 7) is 3.40. The van der Waals surface area contributed by atoms with Crippen molar-refractivity contribution in [3.63, 3.8) is 0 Å². The van der Waals surface area contributed by atoms with E-state index in [4.69, 9.17) is 9.51 Å². The van der Waals surface area contributed by atoms with Crippen molar-refractivity contribution in [2.24, 2.45) is 17.3 Å². The molecule has 0 saturated heterocycles. The molecule has 0 amide bonds. The zero-order chi connectivity index (χ0) is 13.8. The molecule has 4 nitrogen and oxygen atoms in total. The molecule has 4 aliphatic rings. The van der Waals surface area contributed by atoms with Gasteiger partial charge in [0, 0.05) is 13.0 Å². The fraction of sp³-hybridized carbons (Fsp3) is 0.875. The Bertz CT molecular complexity index is 496. The monoisotopic (exact) mass is 275 g/mol. The van der Waals surface area contributed by atoms with E-state index in [1.54, 1.807) is 0 Å². The van der Waals surface area contributed by atoms with Gasteiger partial charge in [0.15, 0.2) is 5.82 Å². The highest BCUT2D eigenvalue weighted by atomic mass is 16.5. The molecule has 1 heterocycles. The highest BCUT2D eigenvalue weighted by Gasteiger charge is 2.58. The van der Waals surface area contributed by atoms with Gasteiger partial charge in [-0.2, -0.15) is 4.98 Å². The van der Waals surface area contributed by atoms with E-state index < -0.39 is 0 Å². The summed E-state index contributed by atoms with van der Waals surface area (Å²) in [5, 5.41) is 7.35. The summed E-state index contributed by atoms with van der Waals surface area (Å²) in [6.07, 6.45) is 8.98. The molecular formula is C16H25N3O. The molecule has 4 saturated carbocycles. The Morgan fingerprint density at radius 3 is 2.65 bits per heavy atom. The van der Waals surface area contributed by atoms with E-state index in [2.05, 4.69) is 17.4 Å². The fourth-order valence-corrected chi connectivity index (χ4v) is 5.78. The first-order valence-electron chi connectivity index (χ1n) is 8.09. The van der Waals surface area contributed by atoms with E-state index in [1.165, 1.54) is 38.5 Å². The minimum atomic E-state index is 0.212. The van der Waals surface area contributed by atoms with Crippen LogP contribution in [0.15, 0.2) is 4.52 Å². The molecule has 4 heteroatoms. The Labute approximate surface area is 120 Å². The summed E-state index contributed by atoms with van der Waals surface area (Å²) >= 11 is 0. The van der Waals surface area contributed by atoms with Crippen LogP contribution in [0.3, 0.4) is 0 Å². The van der Waals surface area contributed by atoms with Crippen molar-refractivity contribution in [1.82, 2.24) is 15.5 Å². The van der Waals surface area contributed by atoms with Crippen molar-refractivity contribution in [2.45, 2.75) is 57.3 Å². The number of hydrogen-bond donors (Lipinski definition) is 1. The van der Waals surface area contributed by atoms with Gasteiger partial charge in [-0.05, 0) is 62.8 Å². The van der Waals surface area contributed by atoms with Crippen molar-refractivity contribution in [2.75, 3.05) is 13.6 Å². The third-order valence-corrected chi connectivity index (χ3v) is 5.87. The first kappa shape index (κ1) is 12.8. The lowest BCUT2D eigenvalue weighted by Gasteiger charge is -2.59. The SMILES string of the molecule is CNCCc1noc(C23CC4CC(CC(C)(C4)C2)C3)n1. The Balaban J connectivity index is 1.62. The van der Waals surface area contributed by atoms with E-state index in [0.717, 1.165) is 36.5 Å². The van der Waals surface area contributed by atoms with Crippen molar-refractivity contribution in [3.05, 3.63) is 11.7 Å². The maximum atomic E-state index is 5.70. The molecule has 0 spiro atoms. The van der Waals surface area contributed by atoms with Gasteiger partial charge < -0.3 is 9.84 Å². The van der Waals surface area contributed by atoms with Crippen LogP contribution in [0.5, 0.6) is 0 Å². The van der Waals surface area contributed by atoms with Crippen LogP contribution in [-0.2, 0) is 11.8 Å². The molecular weight excluding hydrogens is 250 g/mol. The predicted octanol–water partition coefficient (Wildman–Crippen LogP) is 2.69. The summed E-state index contributed by atoms with van der Waals surface area (Å²) in [5.41, 5.74) is 0.743. The van der Waals surface area contributed by atoms with Gasteiger partial charge in [0.2, 0.25) is 5.89 Å². The lowest BCUT2D eigenvalue weighted by atomic mass is 9.44. The van der Waals surface area contributed by atoms with Gasteiger partial charge in [0.25, 0.3) is 0 Å². The zero-order valence-electron chi connectivity index (χ0n) is 12.6. The first-order valence-corrected chi connectivity index (χ1v) is 8.09. The molecule has 5 rings (SSSR count). The summed E-state index contributed by atoms with van der Waals surface area (Å²) in [6, 6.07) is 0. The molecule has 1 aromatic heterocycles. The quantitative estimate of drug-likeness (QED) is 0.918. The maximum Gasteiger partial charge on any atom is 0.232 e. The standard InChI is InChI=1S/C16H25N3O/c1-15-6-11-5-12(7-15)9-16(8-11,10-15)14-18-13(19-20-14)3-4-17-2/h11-12,17H,3-10H2,1-2H3. The average molecular weight is 275 g/mol. The van der Waals surface area contributed by atoms with Crippen LogP contribution in [0, 0.1) is 17.3 Å². The molecule has 4 aliphatic carbocycles. The van der Waals surface area contributed by atoms with E-state index >= 15 is 0 Å². The Kier molecular flexibility index (Phi) is 2.75. The van der Waals surface area contributed by atoms with Crippen LogP contribution in [0.2, 0.25) is 0 Å². The van der Waals surface area contributed by atoms with Crippen LogP contribution in [0.1, 0.15) is 57.2 Å². The third kappa shape index (κ3) is 1.92. The highest BCUT2D eigenvalue weighted by Crippen LogP contribution is 2.65. The largest absolute Gasteiger partial charge is 0.339 e. The van der Waals surface area contributed by atoms with Gasteiger partial charge in [-0.1, -0.05) is 12.1 Å². The summed E-state index contributed by atoms with van der Waals surface area (Å²) in [7, 11) is 1.96. The molecule has 0 aliphatic heterocycles. The van der Waals surface area contributed by atoms with E-state index in [9.17, 15) is 0 Å². The molecule has 110 valence electrons. The van der Waals surface area contributed by atoms with Crippen LogP contribution >= 0.6 is 0 Å². The Morgan fingerprint density at radius 2 is 2.00 bits per heavy atom. The van der Waals surface area contributed by atoms with E-state index in [-0.39, 0.29) is 5.41 Å². The number of rotatable bonds is 4. The van der Waals surface area contributed by atoms with E-state index in [0.29, 0.717) is 5.41 Å². The predicted molar refractivity (Wildman–Crippen MR) is 76.4 cm³/mol. The van der Waals surface area contributed by atoms with Crippen molar-refractivity contribution >= 4 is 0 Å².